The summed E-state index contributed by atoms with van der Waals surface area (Å²) in [6.07, 6.45) is -0.588. The van der Waals surface area contributed by atoms with Crippen LogP contribution in [0.5, 0.6) is 5.75 Å². The van der Waals surface area contributed by atoms with Gasteiger partial charge in [0.2, 0.25) is 0 Å². The average Bonchev–Trinajstić information content (AvgIpc) is 2.37. The van der Waals surface area contributed by atoms with Crippen molar-refractivity contribution in [3.8, 4) is 5.75 Å². The molecule has 6 heteroatoms. The van der Waals surface area contributed by atoms with Crippen molar-refractivity contribution in [2.45, 2.75) is 72.1 Å². The number of hydrogen-bond acceptors (Lipinski definition) is 4. The predicted octanol–water partition coefficient (Wildman–Crippen LogP) is 3.69. The van der Waals surface area contributed by atoms with E-state index in [9.17, 15) is 14.7 Å². The molecule has 25 heavy (non-hydrogen) atoms. The summed E-state index contributed by atoms with van der Waals surface area (Å²) in [5, 5.41) is 11.8. The molecule has 1 aromatic carbocycles. The van der Waals surface area contributed by atoms with E-state index in [4.69, 9.17) is 9.47 Å². The SMILES string of the molecule is Cc1cc(C[C@@H](NC(=O)OC(C)(C)C)C(=O)O)ccc1OC(C)(C)C. The lowest BCUT2D eigenvalue weighted by atomic mass is 10.0. The van der Waals surface area contributed by atoms with Crippen molar-refractivity contribution in [2.24, 2.45) is 0 Å². The van der Waals surface area contributed by atoms with Gasteiger partial charge in [0.1, 0.15) is 23.0 Å². The van der Waals surface area contributed by atoms with E-state index >= 15 is 0 Å². The summed E-state index contributed by atoms with van der Waals surface area (Å²) in [7, 11) is 0. The minimum absolute atomic E-state index is 0.158. The second-order valence-corrected chi connectivity index (χ2v) is 8.06. The normalized spacial score (nSPS) is 13.1. The van der Waals surface area contributed by atoms with Crippen molar-refractivity contribution >= 4 is 12.1 Å². The lowest BCUT2D eigenvalue weighted by Gasteiger charge is -2.24. The molecule has 0 spiro atoms. The van der Waals surface area contributed by atoms with Crippen LogP contribution in [0.3, 0.4) is 0 Å². The molecule has 0 bridgehead atoms. The van der Waals surface area contributed by atoms with E-state index in [1.165, 1.54) is 0 Å². The Morgan fingerprint density at radius 1 is 1.12 bits per heavy atom. The number of carbonyl (C=O) groups is 2. The van der Waals surface area contributed by atoms with Crippen molar-refractivity contribution < 1.29 is 24.2 Å². The first-order valence-corrected chi connectivity index (χ1v) is 8.28. The van der Waals surface area contributed by atoms with E-state index in [0.29, 0.717) is 0 Å². The lowest BCUT2D eigenvalue weighted by Crippen LogP contribution is -2.44. The van der Waals surface area contributed by atoms with Gasteiger partial charge in [0.05, 0.1) is 0 Å². The minimum Gasteiger partial charge on any atom is -0.488 e. The Labute approximate surface area is 149 Å². The molecule has 0 fully saturated rings. The highest BCUT2D eigenvalue weighted by atomic mass is 16.6. The third-order valence-electron chi connectivity index (χ3n) is 3.08. The summed E-state index contributed by atoms with van der Waals surface area (Å²) < 4.78 is 11.0. The number of carbonyl (C=O) groups excluding carboxylic acids is 1. The number of benzene rings is 1. The van der Waals surface area contributed by atoms with Gasteiger partial charge < -0.3 is 19.9 Å². The fourth-order valence-corrected chi connectivity index (χ4v) is 2.17. The molecule has 1 aromatic rings. The maximum atomic E-state index is 11.8. The Balaban J connectivity index is 2.84. The van der Waals surface area contributed by atoms with E-state index in [1.54, 1.807) is 26.8 Å². The van der Waals surface area contributed by atoms with Gasteiger partial charge >= 0.3 is 12.1 Å². The van der Waals surface area contributed by atoms with Crippen molar-refractivity contribution in [3.05, 3.63) is 29.3 Å². The van der Waals surface area contributed by atoms with Crippen molar-refractivity contribution in [3.63, 3.8) is 0 Å². The molecule has 0 saturated carbocycles. The van der Waals surface area contributed by atoms with Crippen LogP contribution in [-0.2, 0) is 16.0 Å². The number of aryl methyl sites for hydroxylation is 1. The molecule has 0 unspecified atom stereocenters. The molecule has 1 amide bonds. The maximum absolute atomic E-state index is 11.8. The highest BCUT2D eigenvalue weighted by Crippen LogP contribution is 2.24. The van der Waals surface area contributed by atoms with Crippen molar-refractivity contribution in [1.29, 1.82) is 0 Å². The van der Waals surface area contributed by atoms with E-state index < -0.39 is 23.7 Å². The highest BCUT2D eigenvalue weighted by Gasteiger charge is 2.24. The van der Waals surface area contributed by atoms with Crippen LogP contribution in [-0.4, -0.2) is 34.4 Å². The number of alkyl carbamates (subject to hydrolysis) is 1. The van der Waals surface area contributed by atoms with Crippen molar-refractivity contribution in [1.82, 2.24) is 5.32 Å². The molecular formula is C19H29NO5. The summed E-state index contributed by atoms with van der Waals surface area (Å²) in [6, 6.07) is 4.43. The molecule has 0 radical (unpaired) electrons. The monoisotopic (exact) mass is 351 g/mol. The summed E-state index contributed by atoms with van der Waals surface area (Å²) in [4.78, 5) is 23.3. The molecule has 2 N–H and O–H groups in total. The molecule has 140 valence electrons. The lowest BCUT2D eigenvalue weighted by molar-refractivity contribution is -0.139. The number of carboxylic acid groups (broad SMARTS) is 1. The molecule has 0 saturated heterocycles. The Kier molecular flexibility index (Phi) is 6.46. The van der Waals surface area contributed by atoms with Gasteiger partial charge in [0.15, 0.2) is 0 Å². The first-order valence-electron chi connectivity index (χ1n) is 8.28. The fraction of sp³-hybridized carbons (Fsp3) is 0.579. The van der Waals surface area contributed by atoms with Gasteiger partial charge in [-0.05, 0) is 65.7 Å². The Morgan fingerprint density at radius 2 is 1.72 bits per heavy atom. The Hall–Kier alpha value is -2.24. The first kappa shape index (κ1) is 20.8. The zero-order valence-corrected chi connectivity index (χ0v) is 16.1. The highest BCUT2D eigenvalue weighted by molar-refractivity contribution is 5.80. The van der Waals surface area contributed by atoms with Crippen LogP contribution in [0.2, 0.25) is 0 Å². The average molecular weight is 351 g/mol. The number of ether oxygens (including phenoxy) is 2. The van der Waals surface area contributed by atoms with Crippen LogP contribution in [0.4, 0.5) is 4.79 Å². The second-order valence-electron chi connectivity index (χ2n) is 8.06. The number of carboxylic acids is 1. The van der Waals surface area contributed by atoms with E-state index in [0.717, 1.165) is 16.9 Å². The summed E-state index contributed by atoms with van der Waals surface area (Å²) in [6.45, 7) is 13.0. The van der Waals surface area contributed by atoms with Crippen LogP contribution in [0.15, 0.2) is 18.2 Å². The molecule has 0 aliphatic heterocycles. The molecule has 1 rings (SSSR count). The number of amides is 1. The second kappa shape index (κ2) is 7.76. The van der Waals surface area contributed by atoms with E-state index in [-0.39, 0.29) is 12.0 Å². The standard InChI is InChI=1S/C19H29NO5/c1-12-10-13(8-9-15(12)24-18(2,3)4)11-14(16(21)22)20-17(23)25-19(5,6)7/h8-10,14H,11H2,1-7H3,(H,20,23)(H,21,22)/t14-/m1/s1. The third kappa shape index (κ3) is 7.92. The summed E-state index contributed by atoms with van der Waals surface area (Å²) >= 11 is 0. The number of nitrogens with one attached hydrogen (secondary N) is 1. The molecule has 1 atom stereocenters. The van der Waals surface area contributed by atoms with Gasteiger partial charge in [-0.3, -0.25) is 0 Å². The van der Waals surface area contributed by atoms with Gasteiger partial charge in [-0.15, -0.1) is 0 Å². The zero-order chi connectivity index (χ0) is 19.4. The van der Waals surface area contributed by atoms with Crippen LogP contribution >= 0.6 is 0 Å². The van der Waals surface area contributed by atoms with Gasteiger partial charge in [-0.25, -0.2) is 9.59 Å². The van der Waals surface area contributed by atoms with Crippen LogP contribution in [0.1, 0.15) is 52.7 Å². The summed E-state index contributed by atoms with van der Waals surface area (Å²) in [5.41, 5.74) is 0.708. The summed E-state index contributed by atoms with van der Waals surface area (Å²) in [5.74, 6) is -0.359. The molecule has 0 aliphatic rings. The molecular weight excluding hydrogens is 322 g/mol. The van der Waals surface area contributed by atoms with Crippen LogP contribution < -0.4 is 10.1 Å². The maximum Gasteiger partial charge on any atom is 0.408 e. The van der Waals surface area contributed by atoms with E-state index in [2.05, 4.69) is 5.32 Å². The molecule has 6 nitrogen and oxygen atoms in total. The van der Waals surface area contributed by atoms with Gasteiger partial charge in [0.25, 0.3) is 0 Å². The molecule has 0 aliphatic carbocycles. The molecule has 0 heterocycles. The quantitative estimate of drug-likeness (QED) is 0.845. The molecule has 0 aromatic heterocycles. The first-order chi connectivity index (χ1) is 11.3. The van der Waals surface area contributed by atoms with Crippen LogP contribution in [0, 0.1) is 6.92 Å². The van der Waals surface area contributed by atoms with Gasteiger partial charge in [0, 0.05) is 6.42 Å². The Bertz CT molecular complexity index is 626. The smallest absolute Gasteiger partial charge is 0.408 e. The van der Waals surface area contributed by atoms with Gasteiger partial charge in [-0.1, -0.05) is 12.1 Å². The zero-order valence-electron chi connectivity index (χ0n) is 16.1. The third-order valence-corrected chi connectivity index (χ3v) is 3.08. The predicted molar refractivity (Wildman–Crippen MR) is 96.1 cm³/mol. The van der Waals surface area contributed by atoms with E-state index in [1.807, 2.05) is 39.8 Å². The topological polar surface area (TPSA) is 84.9 Å². The fourth-order valence-electron chi connectivity index (χ4n) is 2.17. The van der Waals surface area contributed by atoms with Gasteiger partial charge in [-0.2, -0.15) is 0 Å². The Morgan fingerprint density at radius 3 is 2.16 bits per heavy atom. The van der Waals surface area contributed by atoms with Crippen molar-refractivity contribution in [2.75, 3.05) is 0 Å². The largest absolute Gasteiger partial charge is 0.488 e. The number of hydrogen-bond donors (Lipinski definition) is 2. The number of aliphatic carboxylic acids is 1. The number of rotatable bonds is 5. The minimum atomic E-state index is -1.11. The van der Waals surface area contributed by atoms with Crippen LogP contribution in [0.25, 0.3) is 0 Å².